The van der Waals surface area contributed by atoms with Gasteiger partial charge in [0.15, 0.2) is 5.75 Å². The fraction of sp³-hybridized carbons (Fsp3) is 0.0667. The fourth-order valence-corrected chi connectivity index (χ4v) is 2.03. The molecule has 0 unspecified atom stereocenters. The molecule has 3 rings (SSSR count). The minimum Gasteiger partial charge on any atom is -0.368 e. The fourth-order valence-electron chi connectivity index (χ4n) is 2.03. The van der Waals surface area contributed by atoms with Crippen LogP contribution >= 0.6 is 0 Å². The highest BCUT2D eigenvalue weighted by Gasteiger charge is 2.37. The molecule has 2 aromatic rings. The Kier molecular flexibility index (Phi) is 2.56. The molecule has 2 aromatic carbocycles. The Morgan fingerprint density at radius 2 is 1.53 bits per heavy atom. The van der Waals surface area contributed by atoms with E-state index in [9.17, 15) is 9.59 Å². The van der Waals surface area contributed by atoms with Gasteiger partial charge in [0.25, 0.3) is 11.8 Å². The molecule has 19 heavy (non-hydrogen) atoms. The van der Waals surface area contributed by atoms with Crippen LogP contribution in [0.1, 0.15) is 26.3 Å². The van der Waals surface area contributed by atoms with Gasteiger partial charge >= 0.3 is 0 Å². The number of aryl methyl sites for hydroxylation is 1. The van der Waals surface area contributed by atoms with Crippen LogP contribution in [-0.4, -0.2) is 16.9 Å². The van der Waals surface area contributed by atoms with Crippen LogP contribution in [0.15, 0.2) is 48.5 Å². The highest BCUT2D eigenvalue weighted by atomic mass is 16.7. The average Bonchev–Trinajstić information content (AvgIpc) is 2.65. The Morgan fingerprint density at radius 3 is 2.11 bits per heavy atom. The zero-order chi connectivity index (χ0) is 13.4. The van der Waals surface area contributed by atoms with E-state index in [1.54, 1.807) is 36.4 Å². The Labute approximate surface area is 110 Å². The maximum Gasteiger partial charge on any atom is 0.295 e. The molecular weight excluding hydrogens is 242 g/mol. The lowest BCUT2D eigenvalue weighted by Gasteiger charge is -2.14. The summed E-state index contributed by atoms with van der Waals surface area (Å²) in [5, 5.41) is 0.805. The third-order valence-electron chi connectivity index (χ3n) is 2.94. The lowest BCUT2D eigenvalue weighted by atomic mass is 10.1. The number of carbonyl (C=O) groups excluding carboxylic acids is 2. The highest BCUT2D eigenvalue weighted by molar-refractivity contribution is 6.20. The van der Waals surface area contributed by atoms with Crippen molar-refractivity contribution in [1.29, 1.82) is 0 Å². The number of carbonyl (C=O) groups is 2. The van der Waals surface area contributed by atoms with Gasteiger partial charge in [0, 0.05) is 0 Å². The van der Waals surface area contributed by atoms with Crippen LogP contribution in [0.4, 0.5) is 0 Å². The first-order valence-electron chi connectivity index (χ1n) is 5.89. The van der Waals surface area contributed by atoms with E-state index >= 15 is 0 Å². The zero-order valence-electron chi connectivity index (χ0n) is 10.3. The molecule has 1 aliphatic heterocycles. The van der Waals surface area contributed by atoms with Gasteiger partial charge in [-0.15, -0.1) is 0 Å². The summed E-state index contributed by atoms with van der Waals surface area (Å²) in [7, 11) is 0. The molecule has 94 valence electrons. The Morgan fingerprint density at radius 1 is 0.895 bits per heavy atom. The first-order valence-corrected chi connectivity index (χ1v) is 5.89. The van der Waals surface area contributed by atoms with Crippen molar-refractivity contribution in [3.63, 3.8) is 0 Å². The summed E-state index contributed by atoms with van der Waals surface area (Å²) in [5.41, 5.74) is 1.74. The Balaban J connectivity index is 1.92. The van der Waals surface area contributed by atoms with Crippen molar-refractivity contribution in [3.05, 3.63) is 65.2 Å². The van der Waals surface area contributed by atoms with Gasteiger partial charge in [-0.1, -0.05) is 29.3 Å². The molecule has 0 spiro atoms. The number of hydroxylamine groups is 2. The van der Waals surface area contributed by atoms with E-state index in [1.807, 2.05) is 19.1 Å². The number of amides is 2. The first kappa shape index (κ1) is 11.5. The molecule has 0 N–H and O–H groups in total. The Hall–Kier alpha value is -2.62. The van der Waals surface area contributed by atoms with Crippen molar-refractivity contribution in [2.75, 3.05) is 0 Å². The normalized spacial score (nSPS) is 13.6. The molecule has 0 bridgehead atoms. The lowest BCUT2D eigenvalue weighted by molar-refractivity contribution is -0.0141. The summed E-state index contributed by atoms with van der Waals surface area (Å²) in [5.74, 6) is -0.390. The summed E-state index contributed by atoms with van der Waals surface area (Å²) < 4.78 is 0. The lowest BCUT2D eigenvalue weighted by Crippen LogP contribution is -2.33. The number of benzene rings is 2. The molecule has 0 radical (unpaired) electrons. The maximum absolute atomic E-state index is 12.1. The van der Waals surface area contributed by atoms with Crippen LogP contribution in [0.2, 0.25) is 0 Å². The Bertz CT molecular complexity index is 644. The molecule has 0 atom stereocenters. The van der Waals surface area contributed by atoms with Crippen LogP contribution in [-0.2, 0) is 0 Å². The summed E-state index contributed by atoms with van der Waals surface area (Å²) in [6, 6.07) is 13.9. The van der Waals surface area contributed by atoms with Crippen molar-refractivity contribution in [2.24, 2.45) is 0 Å². The average molecular weight is 253 g/mol. The van der Waals surface area contributed by atoms with Gasteiger partial charge in [-0.25, -0.2) is 0 Å². The highest BCUT2D eigenvalue weighted by Crippen LogP contribution is 2.24. The number of nitrogens with zero attached hydrogens (tertiary/aromatic N) is 1. The van der Waals surface area contributed by atoms with Crippen molar-refractivity contribution >= 4 is 11.8 Å². The van der Waals surface area contributed by atoms with Crippen LogP contribution in [0.25, 0.3) is 0 Å². The van der Waals surface area contributed by atoms with Crippen molar-refractivity contribution < 1.29 is 14.4 Å². The van der Waals surface area contributed by atoms with Gasteiger partial charge in [-0.05, 0) is 36.8 Å². The largest absolute Gasteiger partial charge is 0.368 e. The second kappa shape index (κ2) is 4.24. The first-order chi connectivity index (χ1) is 9.16. The third kappa shape index (κ3) is 1.87. The quantitative estimate of drug-likeness (QED) is 0.773. The predicted octanol–water partition coefficient (Wildman–Crippen LogP) is 2.59. The zero-order valence-corrected chi connectivity index (χ0v) is 10.3. The molecule has 0 aromatic heterocycles. The number of hydrogen-bond acceptors (Lipinski definition) is 3. The van der Waals surface area contributed by atoms with E-state index in [4.69, 9.17) is 4.84 Å². The minimum absolute atomic E-state index is 0.375. The van der Waals surface area contributed by atoms with Gasteiger partial charge < -0.3 is 4.84 Å². The molecule has 4 nitrogen and oxygen atoms in total. The second-order valence-electron chi connectivity index (χ2n) is 4.36. The van der Waals surface area contributed by atoms with E-state index in [1.165, 1.54) is 0 Å². The molecule has 0 fully saturated rings. The van der Waals surface area contributed by atoms with Crippen LogP contribution in [0.3, 0.4) is 0 Å². The standard InChI is InChI=1S/C15H11NO3/c1-10-5-4-6-11(9-10)19-16-14(17)12-7-2-3-8-13(12)15(16)18/h2-9H,1H3. The summed E-state index contributed by atoms with van der Waals surface area (Å²) in [6.07, 6.45) is 0. The van der Waals surface area contributed by atoms with Gasteiger partial charge in [0.1, 0.15) is 0 Å². The number of fused-ring (bicyclic) bond motifs is 1. The summed E-state index contributed by atoms with van der Waals surface area (Å²) in [4.78, 5) is 29.6. The molecule has 1 heterocycles. The smallest absolute Gasteiger partial charge is 0.295 e. The van der Waals surface area contributed by atoms with Crippen LogP contribution in [0, 0.1) is 6.92 Å². The maximum atomic E-state index is 12.1. The van der Waals surface area contributed by atoms with Gasteiger partial charge in [-0.2, -0.15) is 0 Å². The molecule has 1 aliphatic rings. The molecule has 0 aliphatic carbocycles. The minimum atomic E-state index is -0.429. The summed E-state index contributed by atoms with van der Waals surface area (Å²) in [6.45, 7) is 1.91. The molecule has 0 saturated carbocycles. The number of hydrogen-bond donors (Lipinski definition) is 0. The van der Waals surface area contributed by atoms with Crippen molar-refractivity contribution in [2.45, 2.75) is 6.92 Å². The summed E-state index contributed by atoms with van der Waals surface area (Å²) >= 11 is 0. The van der Waals surface area contributed by atoms with Gasteiger partial charge in [0.2, 0.25) is 0 Å². The monoisotopic (exact) mass is 253 g/mol. The topological polar surface area (TPSA) is 46.6 Å². The van der Waals surface area contributed by atoms with Gasteiger partial charge in [-0.3, -0.25) is 9.59 Å². The molecular formula is C15H11NO3. The molecule has 2 amide bonds. The van der Waals surface area contributed by atoms with Crippen LogP contribution < -0.4 is 4.84 Å². The van der Waals surface area contributed by atoms with Gasteiger partial charge in [0.05, 0.1) is 11.1 Å². The van der Waals surface area contributed by atoms with E-state index in [0.29, 0.717) is 16.9 Å². The van der Waals surface area contributed by atoms with E-state index < -0.39 is 11.8 Å². The number of rotatable bonds is 2. The van der Waals surface area contributed by atoms with E-state index in [-0.39, 0.29) is 0 Å². The van der Waals surface area contributed by atoms with Crippen LogP contribution in [0.5, 0.6) is 5.75 Å². The number of imide groups is 1. The van der Waals surface area contributed by atoms with E-state index in [0.717, 1.165) is 10.6 Å². The van der Waals surface area contributed by atoms with Crippen molar-refractivity contribution in [3.8, 4) is 5.75 Å². The predicted molar refractivity (Wildman–Crippen MR) is 68.7 cm³/mol. The third-order valence-corrected chi connectivity index (χ3v) is 2.94. The SMILES string of the molecule is Cc1cccc(ON2C(=O)c3ccccc3C2=O)c1. The second-order valence-corrected chi connectivity index (χ2v) is 4.36. The van der Waals surface area contributed by atoms with E-state index in [2.05, 4.69) is 0 Å². The molecule has 0 saturated heterocycles. The van der Waals surface area contributed by atoms with Crippen molar-refractivity contribution in [1.82, 2.24) is 5.06 Å². The molecule has 4 heteroatoms.